The molecule has 10 heteroatoms. The molecule has 0 amide bonds. The van der Waals surface area contributed by atoms with Crippen molar-refractivity contribution in [1.29, 1.82) is 0 Å². The van der Waals surface area contributed by atoms with E-state index in [0.29, 0.717) is 4.90 Å². The minimum atomic E-state index is -5.99. The fourth-order valence-corrected chi connectivity index (χ4v) is 5.51. The number of benzene rings is 3. The van der Waals surface area contributed by atoms with Crippen LogP contribution in [0.1, 0.15) is 23.7 Å². The Morgan fingerprint density at radius 1 is 0.800 bits per heavy atom. The van der Waals surface area contributed by atoms with Crippen molar-refractivity contribution >= 4 is 16.9 Å². The number of carbonyl (C=O) groups excluding carboxylic acids is 1. The van der Waals surface area contributed by atoms with Crippen LogP contribution in [0.25, 0.3) is 0 Å². The number of hydrogen-bond acceptors (Lipinski definition) is 3. The van der Waals surface area contributed by atoms with E-state index in [1.165, 1.54) is 12.1 Å². The molecule has 0 aromatic heterocycles. The van der Waals surface area contributed by atoms with E-state index in [2.05, 4.69) is 0 Å². The van der Waals surface area contributed by atoms with Crippen LogP contribution < -0.4 is 0 Å². The Balaban J connectivity index is 1.87. The number of carbonyl (C=O) groups is 1. The third-order valence-electron chi connectivity index (χ3n) is 5.09. The van der Waals surface area contributed by atoms with Crippen LogP contribution in [0.3, 0.4) is 0 Å². The third kappa shape index (κ3) is 5.99. The monoisotopic (exact) mass is 515 g/mol. The number of esters is 1. The first-order chi connectivity index (χ1) is 16.3. The lowest BCUT2D eigenvalue weighted by Gasteiger charge is -2.33. The van der Waals surface area contributed by atoms with Gasteiger partial charge in [-0.25, -0.2) is 4.79 Å². The lowest BCUT2D eigenvalue weighted by atomic mass is 9.95. The maximum atomic E-state index is 13.0. The number of alkyl halides is 6. The highest BCUT2D eigenvalue weighted by Gasteiger charge is 2.70. The highest BCUT2D eigenvalue weighted by Crippen LogP contribution is 2.46. The molecule has 0 saturated heterocycles. The highest BCUT2D eigenvalue weighted by atomic mass is 32.2. The van der Waals surface area contributed by atoms with Gasteiger partial charge in [0.2, 0.25) is 0 Å². The minimum absolute atomic E-state index is 0.0405. The molecule has 1 N–H and O–H groups in total. The van der Waals surface area contributed by atoms with Crippen molar-refractivity contribution < 1.29 is 41.0 Å². The fraction of sp³-hybridized carbons (Fsp3) is 0.240. The van der Waals surface area contributed by atoms with E-state index in [9.17, 15) is 36.2 Å². The van der Waals surface area contributed by atoms with Crippen LogP contribution in [0.5, 0.6) is 0 Å². The van der Waals surface area contributed by atoms with Crippen molar-refractivity contribution in [2.24, 2.45) is 0 Å². The molecule has 0 aliphatic heterocycles. The summed E-state index contributed by atoms with van der Waals surface area (Å²) in [6.07, 6.45) is -15.7. The molecule has 0 aliphatic rings. The van der Waals surface area contributed by atoms with E-state index in [0.717, 1.165) is 16.7 Å². The molecule has 0 bridgehead atoms. The second-order valence-electron chi connectivity index (χ2n) is 7.74. The fourth-order valence-electron chi connectivity index (χ4n) is 3.37. The van der Waals surface area contributed by atoms with Gasteiger partial charge in [-0.15, -0.1) is 0 Å². The van der Waals surface area contributed by atoms with E-state index in [-0.39, 0.29) is 5.56 Å². The molecule has 0 heterocycles. The molecule has 0 aliphatic carbocycles. The summed E-state index contributed by atoms with van der Waals surface area (Å²) in [5, 5.41) is 9.37. The summed E-state index contributed by atoms with van der Waals surface area (Å²) in [6, 6.07) is 25.0. The molecule has 3 aromatic carbocycles. The summed E-state index contributed by atoms with van der Waals surface area (Å²) in [5.74, 6) is -1.10. The Morgan fingerprint density at radius 3 is 1.71 bits per heavy atom. The molecule has 0 fully saturated rings. The predicted octanol–water partition coefficient (Wildman–Crippen LogP) is 6.57. The van der Waals surface area contributed by atoms with E-state index in [1.807, 2.05) is 60.7 Å². The van der Waals surface area contributed by atoms with Crippen LogP contribution in [0, 0.1) is 0 Å². The number of hydrogen-bond donors (Lipinski definition) is 1. The van der Waals surface area contributed by atoms with Gasteiger partial charge in [0, 0.05) is 12.5 Å². The van der Waals surface area contributed by atoms with Crippen LogP contribution >= 0.6 is 0 Å². The summed E-state index contributed by atoms with van der Waals surface area (Å²) in [4.78, 5) is 15.2. The van der Waals surface area contributed by atoms with Gasteiger partial charge in [0.05, 0.1) is 16.5 Å². The second-order valence-corrected chi connectivity index (χ2v) is 9.76. The summed E-state index contributed by atoms with van der Waals surface area (Å²) in [6.45, 7) is 0.864. The minimum Gasteiger partial charge on any atom is -0.459 e. The normalized spacial score (nSPS) is 13.5. The molecule has 3 rings (SSSR count). The molecule has 1 atom stereocenters. The van der Waals surface area contributed by atoms with Crippen LogP contribution in [-0.4, -0.2) is 35.1 Å². The first kappa shape index (κ1) is 26.6. The SMILES string of the molecule is CC(CC(O)(C(F)(F)F)C(F)(F)F)OC(=O)c1cccc([S+](c2ccccc2)c2ccccc2)c1. The smallest absolute Gasteiger partial charge is 0.426 e. The van der Waals surface area contributed by atoms with Gasteiger partial charge in [0.25, 0.3) is 5.60 Å². The zero-order chi connectivity index (χ0) is 25.9. The lowest BCUT2D eigenvalue weighted by molar-refractivity contribution is -0.373. The average Bonchev–Trinajstić information content (AvgIpc) is 2.79. The van der Waals surface area contributed by atoms with Crippen LogP contribution in [0.2, 0.25) is 0 Å². The molecular weight excluding hydrogens is 494 g/mol. The Hall–Kier alpha value is -2.98. The third-order valence-corrected chi connectivity index (χ3v) is 7.30. The molecule has 1 unspecified atom stereocenters. The Labute approximate surface area is 200 Å². The van der Waals surface area contributed by atoms with Crippen LogP contribution in [0.15, 0.2) is 99.6 Å². The molecule has 186 valence electrons. The summed E-state index contributed by atoms with van der Waals surface area (Å²) < 4.78 is 82.7. The van der Waals surface area contributed by atoms with Gasteiger partial charge in [0.15, 0.2) is 14.7 Å². The van der Waals surface area contributed by atoms with Crippen molar-refractivity contribution in [3.05, 3.63) is 90.5 Å². The number of aliphatic hydroxyl groups is 1. The van der Waals surface area contributed by atoms with Crippen LogP contribution in [-0.2, 0) is 15.6 Å². The average molecular weight is 515 g/mol. The van der Waals surface area contributed by atoms with Gasteiger partial charge in [-0.2, -0.15) is 26.3 Å². The largest absolute Gasteiger partial charge is 0.459 e. The second kappa shape index (κ2) is 10.3. The Bertz CT molecular complexity index is 1080. The van der Waals surface area contributed by atoms with Gasteiger partial charge in [0.1, 0.15) is 6.10 Å². The number of halogens is 6. The zero-order valence-corrected chi connectivity index (χ0v) is 19.1. The van der Waals surface area contributed by atoms with E-state index in [1.54, 1.807) is 12.1 Å². The molecule has 0 spiro atoms. The maximum absolute atomic E-state index is 13.0. The number of rotatable bonds is 7. The standard InChI is InChI=1S/C25H21F6O3S/c1-17(16-23(33,24(26,27)28)25(29,30)31)34-22(32)18-9-8-14-21(15-18)35(19-10-4-2-5-11-19)20-12-6-3-7-13-20/h2-15,17,33H,16H2,1H3/q+1. The lowest BCUT2D eigenvalue weighted by Crippen LogP contribution is -2.58. The van der Waals surface area contributed by atoms with Gasteiger partial charge < -0.3 is 9.84 Å². The Morgan fingerprint density at radius 2 is 1.26 bits per heavy atom. The summed E-state index contributed by atoms with van der Waals surface area (Å²) >= 11 is 0. The van der Waals surface area contributed by atoms with Gasteiger partial charge in [-0.1, -0.05) is 42.5 Å². The molecule has 0 saturated carbocycles. The molecule has 3 nitrogen and oxygen atoms in total. The van der Waals surface area contributed by atoms with Gasteiger partial charge in [-0.05, 0) is 43.3 Å². The zero-order valence-electron chi connectivity index (χ0n) is 18.3. The van der Waals surface area contributed by atoms with Crippen molar-refractivity contribution in [3.8, 4) is 0 Å². The topological polar surface area (TPSA) is 46.5 Å². The summed E-state index contributed by atoms with van der Waals surface area (Å²) in [7, 11) is -0.639. The van der Waals surface area contributed by atoms with E-state index in [4.69, 9.17) is 4.74 Å². The molecular formula is C25H21F6O3S+. The Kier molecular flexibility index (Phi) is 7.86. The maximum Gasteiger partial charge on any atom is 0.426 e. The van der Waals surface area contributed by atoms with Crippen molar-refractivity contribution in [1.82, 2.24) is 0 Å². The van der Waals surface area contributed by atoms with Crippen molar-refractivity contribution in [2.75, 3.05) is 0 Å². The molecule has 35 heavy (non-hydrogen) atoms. The molecule has 3 aromatic rings. The van der Waals surface area contributed by atoms with E-state index < -0.39 is 47.3 Å². The van der Waals surface area contributed by atoms with Crippen molar-refractivity contribution in [2.45, 2.75) is 52.1 Å². The van der Waals surface area contributed by atoms with E-state index >= 15 is 0 Å². The van der Waals surface area contributed by atoms with Crippen molar-refractivity contribution in [3.63, 3.8) is 0 Å². The van der Waals surface area contributed by atoms with Gasteiger partial charge >= 0.3 is 18.3 Å². The quantitative estimate of drug-likeness (QED) is 0.220. The number of ether oxygens (including phenoxy) is 1. The van der Waals surface area contributed by atoms with Gasteiger partial charge in [-0.3, -0.25) is 0 Å². The van der Waals surface area contributed by atoms with Crippen LogP contribution in [0.4, 0.5) is 26.3 Å². The predicted molar refractivity (Wildman–Crippen MR) is 118 cm³/mol. The summed E-state index contributed by atoms with van der Waals surface area (Å²) in [5.41, 5.74) is -5.05. The first-order valence-corrected chi connectivity index (χ1v) is 11.6. The highest BCUT2D eigenvalue weighted by molar-refractivity contribution is 7.97. The first-order valence-electron chi connectivity index (χ1n) is 10.3. The molecule has 0 radical (unpaired) electrons.